The number of piperidine rings is 1. The predicted octanol–water partition coefficient (Wildman–Crippen LogP) is 1.26. The van der Waals surface area contributed by atoms with E-state index in [0.29, 0.717) is 19.1 Å². The van der Waals surface area contributed by atoms with E-state index >= 15 is 0 Å². The van der Waals surface area contributed by atoms with Crippen molar-refractivity contribution >= 4 is 5.91 Å². The Balaban J connectivity index is 2.17. The Kier molecular flexibility index (Phi) is 3.95. The van der Waals surface area contributed by atoms with Crippen LogP contribution in [0.25, 0.3) is 0 Å². The van der Waals surface area contributed by atoms with Gasteiger partial charge in [0.2, 0.25) is 0 Å². The Morgan fingerprint density at radius 3 is 2.79 bits per heavy atom. The highest BCUT2D eigenvalue weighted by Gasteiger charge is 2.27. The van der Waals surface area contributed by atoms with E-state index in [1.807, 2.05) is 14.1 Å². The summed E-state index contributed by atoms with van der Waals surface area (Å²) in [5.74, 6) is -0.322. The molecule has 1 heterocycles. The minimum Gasteiger partial charge on any atom is -0.508 e. The van der Waals surface area contributed by atoms with Crippen molar-refractivity contribution in [3.63, 3.8) is 0 Å². The van der Waals surface area contributed by atoms with Gasteiger partial charge in [-0.1, -0.05) is 0 Å². The number of likely N-dealkylation sites (N-methyl/N-ethyl adjacent to an activating group) is 1. The number of aromatic hydroxyl groups is 2. The standard InChI is InChI=1S/C14H20N2O3/c1-15(2)10-4-3-7-16(9-10)14(19)12-8-11(17)5-6-13(12)18/h5-6,8,10,17-18H,3-4,7,9H2,1-2H3. The van der Waals surface area contributed by atoms with Crippen LogP contribution in [0.5, 0.6) is 11.5 Å². The van der Waals surface area contributed by atoms with Gasteiger partial charge in [0.15, 0.2) is 0 Å². The van der Waals surface area contributed by atoms with E-state index in [0.717, 1.165) is 12.8 Å². The van der Waals surface area contributed by atoms with Crippen LogP contribution in [0.15, 0.2) is 18.2 Å². The molecule has 1 unspecified atom stereocenters. The van der Waals surface area contributed by atoms with Gasteiger partial charge in [-0.25, -0.2) is 0 Å². The Morgan fingerprint density at radius 1 is 1.37 bits per heavy atom. The molecule has 1 aromatic rings. The second-order valence-electron chi connectivity index (χ2n) is 5.21. The maximum absolute atomic E-state index is 12.4. The average Bonchev–Trinajstić information content (AvgIpc) is 2.41. The molecule has 1 aromatic carbocycles. The van der Waals surface area contributed by atoms with Crippen LogP contribution in [0.2, 0.25) is 0 Å². The van der Waals surface area contributed by atoms with Crippen LogP contribution in [0.1, 0.15) is 23.2 Å². The van der Waals surface area contributed by atoms with Crippen molar-refractivity contribution in [2.45, 2.75) is 18.9 Å². The summed E-state index contributed by atoms with van der Waals surface area (Å²) in [5, 5.41) is 19.2. The number of hydrogen-bond acceptors (Lipinski definition) is 4. The molecule has 0 saturated carbocycles. The number of carbonyl (C=O) groups excluding carboxylic acids is 1. The van der Waals surface area contributed by atoms with E-state index in [1.165, 1.54) is 18.2 Å². The van der Waals surface area contributed by atoms with Crippen LogP contribution in [0.4, 0.5) is 0 Å². The first kappa shape index (κ1) is 13.7. The van der Waals surface area contributed by atoms with Crippen LogP contribution in [-0.4, -0.2) is 59.1 Å². The lowest BCUT2D eigenvalue weighted by atomic mass is 10.0. The first-order valence-electron chi connectivity index (χ1n) is 6.46. The largest absolute Gasteiger partial charge is 0.508 e. The number of phenols is 2. The smallest absolute Gasteiger partial charge is 0.257 e. The molecule has 1 fully saturated rings. The normalized spacial score (nSPS) is 19.7. The highest BCUT2D eigenvalue weighted by molar-refractivity contribution is 5.97. The van der Waals surface area contributed by atoms with Gasteiger partial charge in [0.05, 0.1) is 5.56 Å². The van der Waals surface area contributed by atoms with Gasteiger partial charge in [0, 0.05) is 19.1 Å². The van der Waals surface area contributed by atoms with Crippen molar-refractivity contribution in [2.24, 2.45) is 0 Å². The lowest BCUT2D eigenvalue weighted by Gasteiger charge is -2.36. The molecule has 2 rings (SSSR count). The van der Waals surface area contributed by atoms with Gasteiger partial charge in [-0.15, -0.1) is 0 Å². The van der Waals surface area contributed by atoms with Crippen molar-refractivity contribution in [2.75, 3.05) is 27.2 Å². The number of carbonyl (C=O) groups is 1. The van der Waals surface area contributed by atoms with E-state index in [2.05, 4.69) is 4.90 Å². The number of hydrogen-bond donors (Lipinski definition) is 2. The molecule has 0 aromatic heterocycles. The van der Waals surface area contributed by atoms with Gasteiger partial charge >= 0.3 is 0 Å². The maximum Gasteiger partial charge on any atom is 0.257 e. The summed E-state index contributed by atoms with van der Waals surface area (Å²) >= 11 is 0. The first-order chi connectivity index (χ1) is 8.99. The number of amides is 1. The van der Waals surface area contributed by atoms with Gasteiger partial charge in [0.1, 0.15) is 11.5 Å². The van der Waals surface area contributed by atoms with Crippen LogP contribution < -0.4 is 0 Å². The number of benzene rings is 1. The first-order valence-corrected chi connectivity index (χ1v) is 6.46. The third-order valence-electron chi connectivity index (χ3n) is 3.62. The van der Waals surface area contributed by atoms with Crippen LogP contribution in [0.3, 0.4) is 0 Å². The van der Waals surface area contributed by atoms with Crippen molar-refractivity contribution in [3.05, 3.63) is 23.8 Å². The second-order valence-corrected chi connectivity index (χ2v) is 5.21. The topological polar surface area (TPSA) is 64.0 Å². The number of phenolic OH excluding ortho intramolecular Hbond substituents is 2. The zero-order valence-corrected chi connectivity index (χ0v) is 11.3. The van der Waals surface area contributed by atoms with Crippen LogP contribution >= 0.6 is 0 Å². The molecule has 1 atom stereocenters. The molecular weight excluding hydrogens is 244 g/mol. The molecule has 0 aliphatic carbocycles. The van der Waals surface area contributed by atoms with Crippen LogP contribution in [-0.2, 0) is 0 Å². The maximum atomic E-state index is 12.4. The Bertz CT molecular complexity index is 474. The molecule has 2 N–H and O–H groups in total. The molecule has 0 spiro atoms. The third kappa shape index (κ3) is 2.98. The Morgan fingerprint density at radius 2 is 2.11 bits per heavy atom. The van der Waals surface area contributed by atoms with Crippen LogP contribution in [0, 0.1) is 0 Å². The van der Waals surface area contributed by atoms with Gasteiger partial charge < -0.3 is 20.0 Å². The number of nitrogens with zero attached hydrogens (tertiary/aromatic N) is 2. The van der Waals surface area contributed by atoms with E-state index in [-0.39, 0.29) is 23.0 Å². The molecule has 1 saturated heterocycles. The predicted molar refractivity (Wildman–Crippen MR) is 72.4 cm³/mol. The van der Waals surface area contributed by atoms with Crippen molar-refractivity contribution in [3.8, 4) is 11.5 Å². The van der Waals surface area contributed by atoms with Gasteiger partial charge in [0.25, 0.3) is 5.91 Å². The van der Waals surface area contributed by atoms with Gasteiger partial charge in [-0.05, 0) is 45.1 Å². The molecule has 1 aliphatic heterocycles. The van der Waals surface area contributed by atoms with Crippen molar-refractivity contribution < 1.29 is 15.0 Å². The van der Waals surface area contributed by atoms with E-state index in [9.17, 15) is 15.0 Å². The molecule has 1 aliphatic rings. The summed E-state index contributed by atoms with van der Waals surface area (Å²) in [6.07, 6.45) is 2.02. The average molecular weight is 264 g/mol. The fourth-order valence-electron chi connectivity index (χ4n) is 2.43. The molecule has 19 heavy (non-hydrogen) atoms. The highest BCUT2D eigenvalue weighted by atomic mass is 16.3. The third-order valence-corrected chi connectivity index (χ3v) is 3.62. The lowest BCUT2D eigenvalue weighted by Crippen LogP contribution is -2.47. The summed E-state index contributed by atoms with van der Waals surface area (Å²) < 4.78 is 0. The van der Waals surface area contributed by atoms with Crippen molar-refractivity contribution in [1.29, 1.82) is 0 Å². The van der Waals surface area contributed by atoms with E-state index in [4.69, 9.17) is 0 Å². The zero-order valence-electron chi connectivity index (χ0n) is 11.3. The summed E-state index contributed by atoms with van der Waals surface area (Å²) in [6, 6.07) is 4.37. The second kappa shape index (κ2) is 5.48. The molecule has 5 nitrogen and oxygen atoms in total. The Hall–Kier alpha value is -1.75. The molecule has 0 radical (unpaired) electrons. The van der Waals surface area contributed by atoms with E-state index in [1.54, 1.807) is 4.90 Å². The summed E-state index contributed by atoms with van der Waals surface area (Å²) in [5.41, 5.74) is 0.166. The van der Waals surface area contributed by atoms with Crippen molar-refractivity contribution in [1.82, 2.24) is 9.80 Å². The minimum atomic E-state index is -0.222. The quantitative estimate of drug-likeness (QED) is 0.789. The molecule has 1 amide bonds. The van der Waals surface area contributed by atoms with Gasteiger partial charge in [-0.3, -0.25) is 4.79 Å². The summed E-state index contributed by atoms with van der Waals surface area (Å²) in [4.78, 5) is 16.2. The molecule has 5 heteroatoms. The minimum absolute atomic E-state index is 0.0117. The molecular formula is C14H20N2O3. The molecule has 104 valence electrons. The monoisotopic (exact) mass is 264 g/mol. The number of rotatable bonds is 2. The summed E-state index contributed by atoms with van der Waals surface area (Å²) in [7, 11) is 4.01. The van der Waals surface area contributed by atoms with E-state index < -0.39 is 0 Å². The fraction of sp³-hybridized carbons (Fsp3) is 0.500. The lowest BCUT2D eigenvalue weighted by molar-refractivity contribution is 0.0632. The SMILES string of the molecule is CN(C)C1CCCN(C(=O)c2cc(O)ccc2O)C1. The number of likely N-dealkylation sites (tertiary alicyclic amines) is 1. The zero-order chi connectivity index (χ0) is 14.0. The fourth-order valence-corrected chi connectivity index (χ4v) is 2.43. The Labute approximate surface area is 113 Å². The summed E-state index contributed by atoms with van der Waals surface area (Å²) in [6.45, 7) is 1.35. The highest BCUT2D eigenvalue weighted by Crippen LogP contribution is 2.25. The van der Waals surface area contributed by atoms with Gasteiger partial charge in [-0.2, -0.15) is 0 Å². The molecule has 0 bridgehead atoms.